The van der Waals surface area contributed by atoms with E-state index in [4.69, 9.17) is 0 Å². The Morgan fingerprint density at radius 3 is 2.55 bits per heavy atom. The summed E-state index contributed by atoms with van der Waals surface area (Å²) in [7, 11) is 0. The Morgan fingerprint density at radius 1 is 1.00 bits per heavy atom. The third kappa shape index (κ3) is 4.99. The van der Waals surface area contributed by atoms with E-state index in [-0.39, 0.29) is 11.9 Å². The highest BCUT2D eigenvalue weighted by molar-refractivity contribution is 5.86. The Balaban J connectivity index is 1.50. The number of likely N-dealkylation sites (N-methyl/N-ethyl adjacent to an activating group) is 1. The highest BCUT2D eigenvalue weighted by Gasteiger charge is 2.37. The predicted molar refractivity (Wildman–Crippen MR) is 120 cm³/mol. The van der Waals surface area contributed by atoms with Crippen molar-refractivity contribution in [3.05, 3.63) is 48.0 Å². The first-order valence-electron chi connectivity index (χ1n) is 11.5. The summed E-state index contributed by atoms with van der Waals surface area (Å²) in [6, 6.07) is 16.1. The number of benzene rings is 2. The van der Waals surface area contributed by atoms with E-state index >= 15 is 0 Å². The van der Waals surface area contributed by atoms with Crippen LogP contribution in [0, 0.1) is 0 Å². The van der Waals surface area contributed by atoms with Crippen LogP contribution in [0.1, 0.15) is 57.4 Å². The predicted octanol–water partition coefficient (Wildman–Crippen LogP) is 4.23. The quantitative estimate of drug-likeness (QED) is 0.722. The van der Waals surface area contributed by atoms with Crippen molar-refractivity contribution in [3.8, 4) is 0 Å². The highest BCUT2D eigenvalue weighted by Crippen LogP contribution is 2.27. The van der Waals surface area contributed by atoms with Crippen molar-refractivity contribution >= 4 is 16.7 Å². The van der Waals surface area contributed by atoms with E-state index in [0.29, 0.717) is 18.6 Å². The van der Waals surface area contributed by atoms with Crippen LogP contribution < -0.4 is 10.6 Å². The van der Waals surface area contributed by atoms with E-state index in [1.54, 1.807) is 0 Å². The van der Waals surface area contributed by atoms with Crippen LogP contribution in [-0.2, 0) is 11.3 Å². The molecule has 156 valence electrons. The van der Waals surface area contributed by atoms with Gasteiger partial charge in [0.15, 0.2) is 0 Å². The summed E-state index contributed by atoms with van der Waals surface area (Å²) in [5.41, 5.74) is 1.31. The van der Waals surface area contributed by atoms with Gasteiger partial charge in [0.1, 0.15) is 0 Å². The molecule has 2 fully saturated rings. The van der Waals surface area contributed by atoms with Gasteiger partial charge in [0, 0.05) is 31.7 Å². The number of hydrogen-bond acceptors (Lipinski definition) is 3. The fraction of sp³-hybridized carbons (Fsp3) is 0.560. The second-order valence-corrected chi connectivity index (χ2v) is 8.77. The molecule has 1 aliphatic heterocycles. The van der Waals surface area contributed by atoms with Gasteiger partial charge < -0.3 is 10.6 Å². The van der Waals surface area contributed by atoms with E-state index in [2.05, 4.69) is 58.0 Å². The number of fused-ring (bicyclic) bond motifs is 1. The molecule has 1 saturated heterocycles. The van der Waals surface area contributed by atoms with Crippen molar-refractivity contribution in [1.82, 2.24) is 15.5 Å². The molecule has 2 aliphatic rings. The van der Waals surface area contributed by atoms with Gasteiger partial charge >= 0.3 is 0 Å². The molecule has 0 spiro atoms. The Kier molecular flexibility index (Phi) is 6.83. The van der Waals surface area contributed by atoms with Crippen LogP contribution in [0.3, 0.4) is 0 Å². The third-order valence-electron chi connectivity index (χ3n) is 6.64. The van der Waals surface area contributed by atoms with Crippen LogP contribution in [0.25, 0.3) is 10.8 Å². The maximum Gasteiger partial charge on any atom is 0.237 e. The summed E-state index contributed by atoms with van der Waals surface area (Å²) < 4.78 is 0. The number of nitrogens with zero attached hydrogens (tertiary/aromatic N) is 1. The Bertz CT molecular complexity index is 807. The van der Waals surface area contributed by atoms with E-state index in [1.807, 2.05) is 6.92 Å². The van der Waals surface area contributed by atoms with Gasteiger partial charge in [0.2, 0.25) is 5.91 Å². The van der Waals surface area contributed by atoms with Gasteiger partial charge in [0.25, 0.3) is 0 Å². The van der Waals surface area contributed by atoms with Gasteiger partial charge in [-0.05, 0) is 42.5 Å². The molecule has 4 rings (SSSR count). The number of rotatable bonds is 6. The average Bonchev–Trinajstić information content (AvgIpc) is 2.94. The second kappa shape index (κ2) is 9.73. The molecule has 1 aliphatic carbocycles. The summed E-state index contributed by atoms with van der Waals surface area (Å²) in [4.78, 5) is 15.2. The van der Waals surface area contributed by atoms with Crippen LogP contribution in [0.5, 0.6) is 0 Å². The molecule has 2 aromatic carbocycles. The summed E-state index contributed by atoms with van der Waals surface area (Å²) in [6.45, 7) is 4.47. The molecule has 4 heteroatoms. The van der Waals surface area contributed by atoms with E-state index in [9.17, 15) is 4.79 Å². The molecule has 1 amide bonds. The van der Waals surface area contributed by atoms with E-state index < -0.39 is 0 Å². The number of nitrogens with one attached hydrogen (secondary N) is 2. The van der Waals surface area contributed by atoms with Crippen molar-refractivity contribution in [2.75, 3.05) is 13.1 Å². The Labute approximate surface area is 175 Å². The standard InChI is InChI=1S/C25H35N3O/c1-2-26-25(29)24-16-22(27-21-13-5-3-4-6-14-21)18-28(24)17-20-12-9-11-19-10-7-8-15-23(19)20/h7-12,15,21-22,24,27H,2-6,13-14,16-18H2,1H3,(H,26,29)/t22-,24+/m1/s1. The fourth-order valence-electron chi connectivity index (χ4n) is 5.19. The van der Waals surface area contributed by atoms with Gasteiger partial charge in [-0.1, -0.05) is 68.1 Å². The van der Waals surface area contributed by atoms with Gasteiger partial charge in [-0.3, -0.25) is 9.69 Å². The van der Waals surface area contributed by atoms with Crippen molar-refractivity contribution in [1.29, 1.82) is 0 Å². The van der Waals surface area contributed by atoms with Gasteiger partial charge in [-0.25, -0.2) is 0 Å². The molecule has 2 aromatic rings. The molecule has 4 nitrogen and oxygen atoms in total. The van der Waals surface area contributed by atoms with E-state index in [0.717, 1.165) is 19.5 Å². The van der Waals surface area contributed by atoms with Crippen LogP contribution in [-0.4, -0.2) is 42.0 Å². The number of carbonyl (C=O) groups is 1. The lowest BCUT2D eigenvalue weighted by molar-refractivity contribution is -0.125. The molecule has 1 heterocycles. The lowest BCUT2D eigenvalue weighted by Gasteiger charge is -2.24. The maximum absolute atomic E-state index is 12.8. The molecular formula is C25H35N3O. The lowest BCUT2D eigenvalue weighted by atomic mass is 10.0. The Morgan fingerprint density at radius 2 is 1.76 bits per heavy atom. The number of hydrogen-bond donors (Lipinski definition) is 2. The van der Waals surface area contributed by atoms with Crippen LogP contribution in [0.2, 0.25) is 0 Å². The van der Waals surface area contributed by atoms with Gasteiger partial charge in [-0.2, -0.15) is 0 Å². The molecular weight excluding hydrogens is 358 g/mol. The van der Waals surface area contributed by atoms with Crippen LogP contribution in [0.15, 0.2) is 42.5 Å². The lowest BCUT2D eigenvalue weighted by Crippen LogP contribution is -2.42. The minimum absolute atomic E-state index is 0.0443. The zero-order valence-electron chi connectivity index (χ0n) is 17.7. The normalized spacial score (nSPS) is 23.9. The summed E-state index contributed by atoms with van der Waals surface area (Å²) in [6.07, 6.45) is 8.90. The van der Waals surface area contributed by atoms with Crippen LogP contribution in [0.4, 0.5) is 0 Å². The molecule has 29 heavy (non-hydrogen) atoms. The summed E-state index contributed by atoms with van der Waals surface area (Å²) >= 11 is 0. The first kappa shape index (κ1) is 20.4. The Hall–Kier alpha value is -1.91. The van der Waals surface area contributed by atoms with Gasteiger partial charge in [-0.15, -0.1) is 0 Å². The monoisotopic (exact) mass is 393 g/mol. The topological polar surface area (TPSA) is 44.4 Å². The SMILES string of the molecule is CCNC(=O)[C@@H]1C[C@@H](NC2CCCCCC2)CN1Cc1cccc2ccccc12. The first-order chi connectivity index (χ1) is 14.2. The molecule has 2 N–H and O–H groups in total. The van der Waals surface area contributed by atoms with Crippen molar-refractivity contribution in [3.63, 3.8) is 0 Å². The first-order valence-corrected chi connectivity index (χ1v) is 11.5. The number of amides is 1. The molecule has 0 bridgehead atoms. The summed E-state index contributed by atoms with van der Waals surface area (Å²) in [5, 5.41) is 9.55. The van der Waals surface area contributed by atoms with Crippen molar-refractivity contribution in [2.45, 2.75) is 76.5 Å². The maximum atomic E-state index is 12.8. The molecule has 0 radical (unpaired) electrons. The number of carbonyl (C=O) groups excluding carboxylic acids is 1. The summed E-state index contributed by atoms with van der Waals surface area (Å²) in [5.74, 6) is 0.179. The fourth-order valence-corrected chi connectivity index (χ4v) is 5.19. The highest BCUT2D eigenvalue weighted by atomic mass is 16.2. The minimum Gasteiger partial charge on any atom is -0.355 e. The molecule has 2 atom stereocenters. The minimum atomic E-state index is -0.0443. The van der Waals surface area contributed by atoms with Crippen molar-refractivity contribution in [2.24, 2.45) is 0 Å². The van der Waals surface area contributed by atoms with E-state index in [1.165, 1.54) is 54.9 Å². The van der Waals surface area contributed by atoms with Crippen LogP contribution >= 0.6 is 0 Å². The third-order valence-corrected chi connectivity index (χ3v) is 6.64. The molecule has 0 unspecified atom stereocenters. The molecule has 0 aromatic heterocycles. The number of likely N-dealkylation sites (tertiary alicyclic amines) is 1. The smallest absolute Gasteiger partial charge is 0.237 e. The zero-order valence-corrected chi connectivity index (χ0v) is 17.7. The van der Waals surface area contributed by atoms with Gasteiger partial charge in [0.05, 0.1) is 6.04 Å². The average molecular weight is 394 g/mol. The second-order valence-electron chi connectivity index (χ2n) is 8.77. The molecule has 1 saturated carbocycles. The van der Waals surface area contributed by atoms with Crippen molar-refractivity contribution < 1.29 is 4.79 Å². The zero-order chi connectivity index (χ0) is 20.1. The largest absolute Gasteiger partial charge is 0.355 e.